The number of esters is 1. The molecule has 0 spiro atoms. The van der Waals surface area contributed by atoms with Crippen LogP contribution in [0.4, 0.5) is 17.6 Å². The molecule has 1 aromatic rings. The summed E-state index contributed by atoms with van der Waals surface area (Å²) in [5.74, 6) is -2.32. The summed E-state index contributed by atoms with van der Waals surface area (Å²) in [6.07, 6.45) is -5.23. The van der Waals surface area contributed by atoms with Gasteiger partial charge >= 0.3 is 12.3 Å². The molecule has 0 saturated heterocycles. The zero-order valence-corrected chi connectivity index (χ0v) is 8.68. The van der Waals surface area contributed by atoms with Crippen LogP contribution < -0.4 is 4.74 Å². The molecule has 1 rings (SSSR count). The Kier molecular flexibility index (Phi) is 3.93. The van der Waals surface area contributed by atoms with Crippen molar-refractivity contribution >= 4 is 5.97 Å². The third kappa shape index (κ3) is 4.29. The van der Waals surface area contributed by atoms with Gasteiger partial charge in [0.15, 0.2) is 0 Å². The van der Waals surface area contributed by atoms with Crippen molar-refractivity contribution in [3.63, 3.8) is 0 Å². The van der Waals surface area contributed by atoms with Gasteiger partial charge in [0, 0.05) is 6.07 Å². The first-order valence-corrected chi connectivity index (χ1v) is 4.43. The van der Waals surface area contributed by atoms with Crippen molar-refractivity contribution in [2.75, 3.05) is 7.11 Å². The van der Waals surface area contributed by atoms with Gasteiger partial charge in [0.1, 0.15) is 11.6 Å². The third-order valence-electron chi connectivity index (χ3n) is 1.82. The first-order valence-electron chi connectivity index (χ1n) is 4.43. The van der Waals surface area contributed by atoms with E-state index in [-0.39, 0.29) is 12.0 Å². The Balaban J connectivity index is 2.83. The highest BCUT2D eigenvalue weighted by atomic mass is 19.4. The maximum atomic E-state index is 13.3. The van der Waals surface area contributed by atoms with E-state index >= 15 is 0 Å². The minimum absolute atomic E-state index is 0.0635. The minimum Gasteiger partial charge on any atom is -0.469 e. The summed E-state index contributed by atoms with van der Waals surface area (Å²) in [5.41, 5.74) is -0.0635. The molecule has 94 valence electrons. The first kappa shape index (κ1) is 13.3. The van der Waals surface area contributed by atoms with Crippen LogP contribution in [0.5, 0.6) is 5.75 Å². The van der Waals surface area contributed by atoms with Crippen LogP contribution in [0.2, 0.25) is 0 Å². The Morgan fingerprint density at radius 2 is 2.00 bits per heavy atom. The highest BCUT2D eigenvalue weighted by Gasteiger charge is 2.31. The van der Waals surface area contributed by atoms with Gasteiger partial charge < -0.3 is 9.47 Å². The summed E-state index contributed by atoms with van der Waals surface area (Å²) in [7, 11) is 1.13. The van der Waals surface area contributed by atoms with Crippen LogP contribution in [-0.2, 0) is 16.0 Å². The topological polar surface area (TPSA) is 35.5 Å². The van der Waals surface area contributed by atoms with E-state index in [0.717, 1.165) is 19.2 Å². The van der Waals surface area contributed by atoms with E-state index in [4.69, 9.17) is 0 Å². The third-order valence-corrected chi connectivity index (χ3v) is 1.82. The molecule has 0 heterocycles. The summed E-state index contributed by atoms with van der Waals surface area (Å²) in [4.78, 5) is 10.8. The molecule has 0 N–H and O–H groups in total. The van der Waals surface area contributed by atoms with E-state index in [1.165, 1.54) is 0 Å². The van der Waals surface area contributed by atoms with E-state index in [1.807, 2.05) is 0 Å². The lowest BCUT2D eigenvalue weighted by molar-refractivity contribution is -0.274. The fourth-order valence-electron chi connectivity index (χ4n) is 1.10. The van der Waals surface area contributed by atoms with Gasteiger partial charge in [-0.25, -0.2) is 4.39 Å². The van der Waals surface area contributed by atoms with Crippen LogP contribution in [0.1, 0.15) is 5.56 Å². The van der Waals surface area contributed by atoms with Crippen LogP contribution in [-0.4, -0.2) is 19.4 Å². The number of halogens is 4. The molecular weight excluding hydrogens is 244 g/mol. The normalized spacial score (nSPS) is 11.1. The molecule has 0 radical (unpaired) electrons. The molecular formula is C10H8F4O3. The average Bonchev–Trinajstić information content (AvgIpc) is 2.19. The number of benzene rings is 1. The van der Waals surface area contributed by atoms with Crippen molar-refractivity contribution in [3.8, 4) is 5.75 Å². The van der Waals surface area contributed by atoms with Crippen molar-refractivity contribution in [2.45, 2.75) is 12.8 Å². The van der Waals surface area contributed by atoms with Gasteiger partial charge in [-0.15, -0.1) is 13.2 Å². The van der Waals surface area contributed by atoms with Gasteiger partial charge in [0.25, 0.3) is 0 Å². The van der Waals surface area contributed by atoms with E-state index in [9.17, 15) is 22.4 Å². The molecule has 0 unspecified atom stereocenters. The predicted molar refractivity (Wildman–Crippen MR) is 48.8 cm³/mol. The quantitative estimate of drug-likeness (QED) is 0.612. The summed E-state index contributed by atoms with van der Waals surface area (Å²) in [6, 6.07) is 2.52. The number of methoxy groups -OCH3 is 1. The lowest BCUT2D eigenvalue weighted by Crippen LogP contribution is -2.17. The van der Waals surface area contributed by atoms with Crippen LogP contribution in [0.25, 0.3) is 0 Å². The molecule has 0 aliphatic carbocycles. The lowest BCUT2D eigenvalue weighted by atomic mass is 10.1. The summed E-state index contributed by atoms with van der Waals surface area (Å²) in [5, 5.41) is 0. The maximum Gasteiger partial charge on any atom is 0.573 e. The Bertz CT molecular complexity index is 415. The van der Waals surface area contributed by atoms with Crippen LogP contribution >= 0.6 is 0 Å². The molecule has 0 bridgehead atoms. The van der Waals surface area contributed by atoms with Crippen molar-refractivity contribution in [1.29, 1.82) is 0 Å². The molecule has 3 nitrogen and oxygen atoms in total. The second-order valence-corrected chi connectivity index (χ2v) is 3.05. The van der Waals surface area contributed by atoms with Crippen molar-refractivity contribution in [2.24, 2.45) is 0 Å². The zero-order chi connectivity index (χ0) is 13.1. The monoisotopic (exact) mass is 252 g/mol. The Morgan fingerprint density at radius 3 is 2.47 bits per heavy atom. The average molecular weight is 252 g/mol. The smallest absolute Gasteiger partial charge is 0.469 e. The number of alkyl halides is 3. The molecule has 7 heteroatoms. The number of carbonyl (C=O) groups is 1. The summed E-state index contributed by atoms with van der Waals surface area (Å²) in [6.45, 7) is 0. The van der Waals surface area contributed by atoms with Gasteiger partial charge in [-0.1, -0.05) is 6.07 Å². The highest BCUT2D eigenvalue weighted by molar-refractivity contribution is 5.72. The van der Waals surface area contributed by atoms with Crippen LogP contribution in [0.3, 0.4) is 0 Å². The molecule has 0 amide bonds. The van der Waals surface area contributed by atoms with Gasteiger partial charge in [-0.2, -0.15) is 0 Å². The molecule has 0 aliphatic rings. The predicted octanol–water partition coefficient (Wildman–Crippen LogP) is 2.44. The first-order chi connectivity index (χ1) is 7.81. The molecule has 0 aromatic heterocycles. The van der Waals surface area contributed by atoms with E-state index in [1.54, 1.807) is 0 Å². The molecule has 0 atom stereocenters. The zero-order valence-electron chi connectivity index (χ0n) is 8.68. The molecule has 1 aromatic carbocycles. The standard InChI is InChI=1S/C10H8F4O3/c1-16-9(15)4-6-2-3-7(5-8(6)11)17-10(12,13)14/h2-3,5H,4H2,1H3. The number of hydrogen-bond acceptors (Lipinski definition) is 3. The van der Waals surface area contributed by atoms with Crippen molar-refractivity contribution in [1.82, 2.24) is 0 Å². The molecule has 0 aliphatic heterocycles. The minimum atomic E-state index is -4.88. The second-order valence-electron chi connectivity index (χ2n) is 3.05. The molecule has 0 saturated carbocycles. The summed E-state index contributed by atoms with van der Waals surface area (Å²) >= 11 is 0. The largest absolute Gasteiger partial charge is 0.573 e. The highest BCUT2D eigenvalue weighted by Crippen LogP contribution is 2.24. The second kappa shape index (κ2) is 5.03. The Labute approximate surface area is 93.9 Å². The number of carbonyl (C=O) groups excluding carboxylic acids is 1. The van der Waals surface area contributed by atoms with E-state index < -0.39 is 23.9 Å². The lowest BCUT2D eigenvalue weighted by Gasteiger charge is -2.09. The van der Waals surface area contributed by atoms with Gasteiger partial charge in [0.05, 0.1) is 13.5 Å². The SMILES string of the molecule is COC(=O)Cc1ccc(OC(F)(F)F)cc1F. The van der Waals surface area contributed by atoms with E-state index in [0.29, 0.717) is 6.07 Å². The van der Waals surface area contributed by atoms with E-state index in [2.05, 4.69) is 9.47 Å². The number of ether oxygens (including phenoxy) is 2. The van der Waals surface area contributed by atoms with Crippen LogP contribution in [0, 0.1) is 5.82 Å². The van der Waals surface area contributed by atoms with Gasteiger partial charge in [-0.3, -0.25) is 4.79 Å². The fourth-order valence-corrected chi connectivity index (χ4v) is 1.10. The molecule has 17 heavy (non-hydrogen) atoms. The number of rotatable bonds is 3. The Morgan fingerprint density at radius 1 is 1.35 bits per heavy atom. The maximum absolute atomic E-state index is 13.3. The Hall–Kier alpha value is -1.79. The fraction of sp³-hybridized carbons (Fsp3) is 0.300. The summed E-state index contributed by atoms with van der Waals surface area (Å²) < 4.78 is 56.5. The molecule has 0 fully saturated rings. The van der Waals surface area contributed by atoms with Gasteiger partial charge in [-0.05, 0) is 11.6 Å². The van der Waals surface area contributed by atoms with Crippen LogP contribution in [0.15, 0.2) is 18.2 Å². The van der Waals surface area contributed by atoms with Crippen molar-refractivity contribution in [3.05, 3.63) is 29.6 Å². The van der Waals surface area contributed by atoms with Crippen molar-refractivity contribution < 1.29 is 31.8 Å². The number of hydrogen-bond donors (Lipinski definition) is 0. The van der Waals surface area contributed by atoms with Gasteiger partial charge in [0.2, 0.25) is 0 Å².